The number of ether oxygens (including phenoxy) is 1. The lowest BCUT2D eigenvalue weighted by molar-refractivity contribution is -0.0955. The smallest absolute Gasteiger partial charge is 0.318 e. The summed E-state index contributed by atoms with van der Waals surface area (Å²) in [4.78, 5) is 2.00. The molecule has 0 aromatic carbocycles. The van der Waals surface area contributed by atoms with Gasteiger partial charge in [0, 0.05) is 26.6 Å². The van der Waals surface area contributed by atoms with Crippen LogP contribution in [0.25, 0.3) is 0 Å². The number of hydrogen-bond acceptors (Lipinski definition) is 7. The fourth-order valence-corrected chi connectivity index (χ4v) is 4.92. The minimum absolute atomic E-state index is 0.190. The van der Waals surface area contributed by atoms with Gasteiger partial charge in [0.25, 0.3) is 0 Å². The monoisotopic (exact) mass is 344 g/mol. The van der Waals surface area contributed by atoms with E-state index in [9.17, 15) is 8.42 Å². The van der Waals surface area contributed by atoms with E-state index in [2.05, 4.69) is 10.2 Å². The van der Waals surface area contributed by atoms with E-state index < -0.39 is 15.6 Å². The Morgan fingerprint density at radius 1 is 1.26 bits per heavy atom. The van der Waals surface area contributed by atoms with Gasteiger partial charge in [0.05, 0.1) is 24.5 Å². The molecule has 130 valence electrons. The van der Waals surface area contributed by atoms with Crippen LogP contribution in [0, 0.1) is 6.92 Å². The van der Waals surface area contributed by atoms with Crippen LogP contribution < -0.4 is 4.90 Å². The molecule has 0 radical (unpaired) electrons. The number of anilines is 1. The van der Waals surface area contributed by atoms with Crippen molar-refractivity contribution in [1.29, 1.82) is 0 Å². The van der Waals surface area contributed by atoms with Crippen LogP contribution in [-0.4, -0.2) is 67.1 Å². The summed E-state index contributed by atoms with van der Waals surface area (Å²) in [6, 6.07) is 0.485. The summed E-state index contributed by atoms with van der Waals surface area (Å²) >= 11 is 0. The maximum absolute atomic E-state index is 12.4. The highest BCUT2D eigenvalue weighted by atomic mass is 32.2. The van der Waals surface area contributed by atoms with Crippen LogP contribution >= 0.6 is 0 Å². The zero-order valence-corrected chi connectivity index (χ0v) is 14.5. The summed E-state index contributed by atoms with van der Waals surface area (Å²) in [7, 11) is -3.20. The van der Waals surface area contributed by atoms with Crippen molar-refractivity contribution in [1.82, 2.24) is 14.5 Å². The van der Waals surface area contributed by atoms with E-state index in [0.29, 0.717) is 44.6 Å². The highest BCUT2D eigenvalue weighted by molar-refractivity contribution is 7.89. The number of aryl methyl sites for hydroxylation is 1. The molecule has 0 saturated carbocycles. The van der Waals surface area contributed by atoms with Gasteiger partial charge in [-0.2, -0.15) is 4.31 Å². The molecule has 1 spiro atoms. The molecule has 2 saturated heterocycles. The van der Waals surface area contributed by atoms with Crippen LogP contribution in [0.4, 0.5) is 6.01 Å². The first-order valence-electron chi connectivity index (χ1n) is 8.11. The summed E-state index contributed by atoms with van der Waals surface area (Å²) in [5.74, 6) is 0.715. The molecule has 2 aliphatic rings. The lowest BCUT2D eigenvalue weighted by Gasteiger charge is -2.47. The van der Waals surface area contributed by atoms with Crippen LogP contribution in [-0.2, 0) is 14.8 Å². The van der Waals surface area contributed by atoms with Crippen LogP contribution in [0.15, 0.2) is 4.42 Å². The van der Waals surface area contributed by atoms with E-state index >= 15 is 0 Å². The minimum Gasteiger partial charge on any atom is -0.408 e. The van der Waals surface area contributed by atoms with Crippen molar-refractivity contribution >= 4 is 16.0 Å². The Morgan fingerprint density at radius 3 is 2.78 bits per heavy atom. The van der Waals surface area contributed by atoms with Gasteiger partial charge in [0.1, 0.15) is 0 Å². The fourth-order valence-electron chi connectivity index (χ4n) is 3.36. The molecule has 0 aliphatic carbocycles. The lowest BCUT2D eigenvalue weighted by atomic mass is 9.91. The first-order valence-corrected chi connectivity index (χ1v) is 9.72. The molecule has 1 unspecified atom stereocenters. The summed E-state index contributed by atoms with van der Waals surface area (Å²) in [6.45, 7) is 6.30. The second-order valence-electron chi connectivity index (χ2n) is 6.31. The van der Waals surface area contributed by atoms with Gasteiger partial charge in [0.2, 0.25) is 15.9 Å². The van der Waals surface area contributed by atoms with Crippen molar-refractivity contribution < 1.29 is 17.6 Å². The van der Waals surface area contributed by atoms with Gasteiger partial charge in [-0.3, -0.25) is 0 Å². The maximum atomic E-state index is 12.4. The van der Waals surface area contributed by atoms with Crippen molar-refractivity contribution in [2.75, 3.05) is 43.4 Å². The van der Waals surface area contributed by atoms with Gasteiger partial charge in [0.15, 0.2) is 0 Å². The van der Waals surface area contributed by atoms with Crippen molar-refractivity contribution in [3.63, 3.8) is 0 Å². The normalized spacial score (nSPS) is 26.8. The maximum Gasteiger partial charge on any atom is 0.318 e. The highest BCUT2D eigenvalue weighted by Crippen LogP contribution is 2.32. The third-order valence-electron chi connectivity index (χ3n) is 4.39. The van der Waals surface area contributed by atoms with Gasteiger partial charge in [-0.25, -0.2) is 8.42 Å². The molecule has 8 nitrogen and oxygen atoms in total. The molecule has 0 amide bonds. The quantitative estimate of drug-likeness (QED) is 0.798. The molecule has 0 bridgehead atoms. The zero-order chi connectivity index (χ0) is 16.5. The van der Waals surface area contributed by atoms with E-state index in [0.717, 1.165) is 19.4 Å². The van der Waals surface area contributed by atoms with Gasteiger partial charge in [-0.1, -0.05) is 12.0 Å². The molecule has 3 heterocycles. The summed E-state index contributed by atoms with van der Waals surface area (Å²) in [6.07, 6.45) is 2.37. The van der Waals surface area contributed by atoms with Gasteiger partial charge >= 0.3 is 6.01 Å². The second-order valence-corrected chi connectivity index (χ2v) is 8.40. The predicted molar refractivity (Wildman–Crippen MR) is 84.8 cm³/mol. The second kappa shape index (κ2) is 6.37. The first kappa shape index (κ1) is 16.7. The predicted octanol–water partition coefficient (Wildman–Crippen LogP) is 0.789. The summed E-state index contributed by atoms with van der Waals surface area (Å²) < 4.78 is 37.9. The van der Waals surface area contributed by atoms with Crippen molar-refractivity contribution in [3.8, 4) is 0 Å². The van der Waals surface area contributed by atoms with Gasteiger partial charge in [-0.15, -0.1) is 5.10 Å². The minimum atomic E-state index is -3.20. The molecular formula is C14H24N4O4S. The third kappa shape index (κ3) is 3.51. The van der Waals surface area contributed by atoms with E-state index in [1.807, 2.05) is 11.8 Å². The number of sulfonamides is 1. The molecule has 3 rings (SSSR count). The SMILES string of the molecule is CCCS(=O)(=O)N1CCOC2(CCCN(c3nnc(C)o3)C2)C1. The largest absolute Gasteiger partial charge is 0.408 e. The van der Waals surface area contributed by atoms with E-state index in [4.69, 9.17) is 9.15 Å². The van der Waals surface area contributed by atoms with Crippen LogP contribution in [0.5, 0.6) is 0 Å². The third-order valence-corrected chi connectivity index (χ3v) is 6.42. The van der Waals surface area contributed by atoms with Crippen molar-refractivity contribution in [3.05, 3.63) is 5.89 Å². The Balaban J connectivity index is 1.75. The molecule has 1 aromatic heterocycles. The van der Waals surface area contributed by atoms with E-state index in [-0.39, 0.29) is 5.75 Å². The van der Waals surface area contributed by atoms with Crippen molar-refractivity contribution in [2.24, 2.45) is 0 Å². The Hall–Kier alpha value is -1.19. The Kier molecular flexibility index (Phi) is 4.61. The van der Waals surface area contributed by atoms with Crippen LogP contribution in [0.1, 0.15) is 32.1 Å². The molecule has 1 atom stereocenters. The molecule has 0 N–H and O–H groups in total. The average Bonchev–Trinajstić information content (AvgIpc) is 2.94. The molecule has 23 heavy (non-hydrogen) atoms. The Labute approximate surface area is 136 Å². The molecule has 2 fully saturated rings. The standard InChI is InChI=1S/C14H24N4O4S/c1-3-9-23(19,20)18-7-8-21-14(11-18)5-4-6-17(10-14)13-16-15-12(2)22-13/h3-11H2,1-2H3. The fraction of sp³-hybridized carbons (Fsp3) is 0.857. The molecule has 2 aliphatic heterocycles. The molecule has 9 heteroatoms. The number of aromatic nitrogens is 2. The number of hydrogen-bond donors (Lipinski definition) is 0. The number of piperidine rings is 1. The Bertz CT molecular complexity index is 643. The summed E-state index contributed by atoms with van der Waals surface area (Å²) in [5.41, 5.74) is -0.486. The molecular weight excluding hydrogens is 320 g/mol. The molecule has 1 aromatic rings. The first-order chi connectivity index (χ1) is 10.9. The highest BCUT2D eigenvalue weighted by Gasteiger charge is 2.44. The van der Waals surface area contributed by atoms with Gasteiger partial charge in [-0.05, 0) is 19.3 Å². The van der Waals surface area contributed by atoms with Crippen molar-refractivity contribution in [2.45, 2.75) is 38.7 Å². The number of morpholine rings is 1. The van der Waals surface area contributed by atoms with Gasteiger partial charge < -0.3 is 14.1 Å². The van der Waals surface area contributed by atoms with E-state index in [1.165, 1.54) is 0 Å². The number of nitrogens with zero attached hydrogens (tertiary/aromatic N) is 4. The Morgan fingerprint density at radius 2 is 2.09 bits per heavy atom. The summed E-state index contributed by atoms with van der Waals surface area (Å²) in [5, 5.41) is 7.93. The number of rotatable bonds is 4. The lowest BCUT2D eigenvalue weighted by Crippen LogP contribution is -2.61. The van der Waals surface area contributed by atoms with Crippen LogP contribution in [0.2, 0.25) is 0 Å². The topological polar surface area (TPSA) is 88.8 Å². The average molecular weight is 344 g/mol. The van der Waals surface area contributed by atoms with E-state index in [1.54, 1.807) is 11.2 Å². The van der Waals surface area contributed by atoms with Crippen LogP contribution in [0.3, 0.4) is 0 Å². The zero-order valence-electron chi connectivity index (χ0n) is 13.7.